The van der Waals surface area contributed by atoms with Gasteiger partial charge in [-0.05, 0) is 68.4 Å². The number of aromatic nitrogens is 1. The van der Waals surface area contributed by atoms with Crippen LogP contribution in [0.1, 0.15) is 85.0 Å². The van der Waals surface area contributed by atoms with Crippen molar-refractivity contribution in [3.63, 3.8) is 0 Å². The molecule has 0 aliphatic carbocycles. The maximum Gasteiger partial charge on any atom is 0.330 e. The van der Waals surface area contributed by atoms with Crippen molar-refractivity contribution < 1.29 is 36.0 Å². The summed E-state index contributed by atoms with van der Waals surface area (Å²) in [6, 6.07) is 8.43. The van der Waals surface area contributed by atoms with Gasteiger partial charge < -0.3 is 25.6 Å². The number of aryl methyl sites for hydroxylation is 3. The molecule has 48 heavy (non-hydrogen) atoms. The van der Waals surface area contributed by atoms with Gasteiger partial charge in [-0.1, -0.05) is 63.0 Å². The molecule has 3 atom stereocenters. The molecule has 2 aromatic carbocycles. The molecule has 1 amide bonds. The lowest BCUT2D eigenvalue weighted by molar-refractivity contribution is -0.151. The highest BCUT2D eigenvalue weighted by Crippen LogP contribution is 2.19. The van der Waals surface area contributed by atoms with E-state index in [9.17, 15) is 26.8 Å². The molecule has 0 saturated carbocycles. The van der Waals surface area contributed by atoms with E-state index in [1.165, 1.54) is 6.92 Å². The van der Waals surface area contributed by atoms with E-state index in [1.54, 1.807) is 6.92 Å². The largest absolute Gasteiger partial charge is 0.458 e. The molecular weight excluding hydrogens is 642 g/mol. The van der Waals surface area contributed by atoms with Gasteiger partial charge in [0.05, 0.1) is 16.7 Å². The highest BCUT2D eigenvalue weighted by atomic mass is 32.2. The van der Waals surface area contributed by atoms with Crippen LogP contribution in [0, 0.1) is 25.5 Å². The lowest BCUT2D eigenvalue weighted by atomic mass is 10.0. The number of hydrogen-bond donors (Lipinski definition) is 3. The quantitative estimate of drug-likeness (QED) is 0.149. The molecule has 0 saturated heterocycles. The van der Waals surface area contributed by atoms with Crippen molar-refractivity contribution in [3.8, 4) is 0 Å². The summed E-state index contributed by atoms with van der Waals surface area (Å²) in [5, 5.41) is 8.86. The Morgan fingerprint density at radius 1 is 0.979 bits per heavy atom. The maximum absolute atomic E-state index is 14.0. The molecule has 3 rings (SSSR count). The van der Waals surface area contributed by atoms with Crippen molar-refractivity contribution in [2.75, 3.05) is 12.3 Å². The molecule has 1 heterocycles. The van der Waals surface area contributed by atoms with Gasteiger partial charge in [0.1, 0.15) is 35.1 Å². The second kappa shape index (κ2) is 18.2. The molecule has 0 unspecified atom stereocenters. The first-order valence-electron chi connectivity index (χ1n) is 16.4. The van der Waals surface area contributed by atoms with E-state index in [4.69, 9.17) is 15.0 Å². The summed E-state index contributed by atoms with van der Waals surface area (Å²) in [5.74, 6) is -3.79. The summed E-state index contributed by atoms with van der Waals surface area (Å²) in [5.41, 5.74) is 9.24. The van der Waals surface area contributed by atoms with Gasteiger partial charge in [-0.2, -0.15) is 0 Å². The van der Waals surface area contributed by atoms with Crippen molar-refractivity contribution in [1.82, 2.24) is 15.8 Å². The minimum atomic E-state index is -3.88. The molecule has 0 aliphatic heterocycles. The maximum atomic E-state index is 14.0. The number of hydrogen-bond acceptors (Lipinski definition) is 9. The molecule has 0 spiro atoms. The molecule has 4 N–H and O–H groups in total. The van der Waals surface area contributed by atoms with E-state index in [0.29, 0.717) is 32.2 Å². The first-order chi connectivity index (χ1) is 22.8. The number of ether oxygens (including phenoxy) is 1. The highest BCUT2D eigenvalue weighted by molar-refractivity contribution is 7.92. The Bertz CT molecular complexity index is 1580. The smallest absolute Gasteiger partial charge is 0.330 e. The van der Waals surface area contributed by atoms with Gasteiger partial charge in [-0.15, -0.1) is 0 Å². The number of rotatable bonds is 19. The minimum Gasteiger partial charge on any atom is -0.458 e. The van der Waals surface area contributed by atoms with Crippen molar-refractivity contribution in [1.29, 1.82) is 0 Å². The zero-order valence-electron chi connectivity index (χ0n) is 28.4. The molecule has 13 heteroatoms. The van der Waals surface area contributed by atoms with Crippen molar-refractivity contribution in [2.45, 2.75) is 103 Å². The van der Waals surface area contributed by atoms with E-state index >= 15 is 0 Å². The number of esters is 1. The molecule has 0 fully saturated rings. The van der Waals surface area contributed by atoms with Crippen LogP contribution >= 0.6 is 0 Å². The zero-order chi connectivity index (χ0) is 35.4. The molecule has 3 aromatic rings. The lowest BCUT2D eigenvalue weighted by Crippen LogP contribution is -2.52. The molecule has 0 aliphatic rings. The molecule has 10 nitrogen and oxygen atoms in total. The van der Waals surface area contributed by atoms with Gasteiger partial charge >= 0.3 is 5.97 Å². The van der Waals surface area contributed by atoms with Gasteiger partial charge in [0.25, 0.3) is 5.91 Å². The van der Waals surface area contributed by atoms with Crippen LogP contribution in [-0.4, -0.2) is 61.2 Å². The third kappa shape index (κ3) is 11.2. The number of halogens is 2. The summed E-state index contributed by atoms with van der Waals surface area (Å²) < 4.78 is 66.2. The van der Waals surface area contributed by atoms with Crippen LogP contribution in [0.4, 0.5) is 8.78 Å². The Kier molecular flexibility index (Phi) is 14.7. The normalized spacial score (nSPS) is 13.7. The van der Waals surface area contributed by atoms with Crippen LogP contribution in [-0.2, 0) is 38.8 Å². The second-order valence-electron chi connectivity index (χ2n) is 12.2. The van der Waals surface area contributed by atoms with Gasteiger partial charge in [0.15, 0.2) is 9.84 Å². The van der Waals surface area contributed by atoms with Gasteiger partial charge in [0.2, 0.25) is 0 Å². The topological polar surface area (TPSA) is 154 Å². The Morgan fingerprint density at radius 3 is 2.21 bits per heavy atom. The summed E-state index contributed by atoms with van der Waals surface area (Å²) >= 11 is 0. The van der Waals surface area contributed by atoms with Crippen LogP contribution < -0.4 is 16.4 Å². The Labute approximate surface area is 282 Å². The molecule has 0 radical (unpaired) electrons. The van der Waals surface area contributed by atoms with Crippen LogP contribution in [0.3, 0.4) is 0 Å². The number of nitrogens with two attached hydrogens (primary N) is 1. The monoisotopic (exact) mass is 690 g/mol. The summed E-state index contributed by atoms with van der Waals surface area (Å²) in [7, 11) is -3.88. The van der Waals surface area contributed by atoms with E-state index in [2.05, 4.69) is 15.8 Å². The Morgan fingerprint density at radius 2 is 1.62 bits per heavy atom. The lowest BCUT2D eigenvalue weighted by Gasteiger charge is -2.28. The summed E-state index contributed by atoms with van der Waals surface area (Å²) in [4.78, 5) is 27.2. The van der Waals surface area contributed by atoms with E-state index in [0.717, 1.165) is 35.7 Å². The predicted octanol–water partition coefficient (Wildman–Crippen LogP) is 4.89. The third-order valence-electron chi connectivity index (χ3n) is 8.19. The van der Waals surface area contributed by atoms with E-state index in [1.807, 2.05) is 45.0 Å². The third-order valence-corrected chi connectivity index (χ3v) is 10.5. The van der Waals surface area contributed by atoms with Gasteiger partial charge in [-0.3, -0.25) is 4.79 Å². The fourth-order valence-corrected chi connectivity index (χ4v) is 7.83. The van der Waals surface area contributed by atoms with Crippen molar-refractivity contribution in [2.24, 2.45) is 5.73 Å². The van der Waals surface area contributed by atoms with Crippen molar-refractivity contribution in [3.05, 3.63) is 87.8 Å². The highest BCUT2D eigenvalue weighted by Gasteiger charge is 2.36. The first kappa shape index (κ1) is 38.8. The van der Waals surface area contributed by atoms with Crippen LogP contribution in [0.5, 0.6) is 0 Å². The average molecular weight is 691 g/mol. The number of nitrogens with zero attached hydrogens (tertiary/aromatic N) is 1. The first-order valence-corrected chi connectivity index (χ1v) is 18.1. The van der Waals surface area contributed by atoms with Crippen LogP contribution in [0.15, 0.2) is 47.0 Å². The fourth-order valence-electron chi connectivity index (χ4n) is 5.68. The van der Waals surface area contributed by atoms with Crippen LogP contribution in [0.25, 0.3) is 0 Å². The Balaban J connectivity index is 1.91. The molecule has 1 aromatic heterocycles. The van der Waals surface area contributed by atoms with Crippen LogP contribution in [0.2, 0.25) is 0 Å². The van der Waals surface area contributed by atoms with Gasteiger partial charge in [-0.25, -0.2) is 22.0 Å². The van der Waals surface area contributed by atoms with E-state index in [-0.39, 0.29) is 35.5 Å². The average Bonchev–Trinajstić information content (AvgIpc) is 3.36. The molecule has 0 bridgehead atoms. The van der Waals surface area contributed by atoms with Crippen molar-refractivity contribution >= 4 is 21.7 Å². The van der Waals surface area contributed by atoms with Gasteiger partial charge in [0, 0.05) is 25.2 Å². The standard InChI is InChI=1S/C35H48F2N4O6S/c1-6-10-29(11-7-2)48(44,45)21-31(40-34(42)33-22(4)41-47-23(33)5)35(43)46-32(20-39-19-25-13-9-12-24(8-3)14-25)30(38)17-26-15-27(36)18-28(37)16-26/h9,12-16,18,29-32,39H,6-8,10-11,17,19-21,38H2,1-5H3,(H,40,42)/t30-,31-,32+/m0/s1. The molecular formula is C35H48F2N4O6S. The number of nitrogens with one attached hydrogen (secondary N) is 2. The second-order valence-corrected chi connectivity index (χ2v) is 14.5. The predicted molar refractivity (Wildman–Crippen MR) is 180 cm³/mol. The number of sulfone groups is 1. The molecule has 264 valence electrons. The number of carbonyl (C=O) groups excluding carboxylic acids is 2. The zero-order valence-corrected chi connectivity index (χ0v) is 29.2. The number of benzene rings is 2. The van der Waals surface area contributed by atoms with E-state index < -0.39 is 62.5 Å². The Hall–Kier alpha value is -3.68. The number of amides is 1. The fraction of sp³-hybridized carbons (Fsp3) is 0.514. The number of carbonyl (C=O) groups is 2. The minimum absolute atomic E-state index is 0.0344. The SMILES string of the molecule is CCCC(CCC)S(=O)(=O)C[C@H](NC(=O)c1c(C)noc1C)C(=O)O[C@H](CNCc1cccc(CC)c1)[C@@H](N)Cc1cc(F)cc(F)c1. The summed E-state index contributed by atoms with van der Waals surface area (Å²) in [6.07, 6.45) is 1.77. The summed E-state index contributed by atoms with van der Waals surface area (Å²) in [6.45, 7) is 9.33.